The number of hydrogen-bond acceptors (Lipinski definition) is 3. The summed E-state index contributed by atoms with van der Waals surface area (Å²) in [6.45, 7) is 1.59. The first kappa shape index (κ1) is 16.3. The Bertz CT molecular complexity index is 404. The van der Waals surface area contributed by atoms with Gasteiger partial charge in [0.05, 0.1) is 12.5 Å². The van der Waals surface area contributed by atoms with Crippen molar-refractivity contribution < 1.29 is 8.76 Å². The van der Waals surface area contributed by atoms with E-state index >= 15 is 0 Å². The molecule has 0 bridgehead atoms. The molecule has 0 heterocycles. The summed E-state index contributed by atoms with van der Waals surface area (Å²) in [5, 5.41) is 8.43. The standard InChI is InChI=1S/C8H5I2N.C2H6O2S/c9-7-2-1-6(3-4-11)5-8(7)10;1-2-5(3)4/h1-2,5H,3H2;2H2,1H3,(H,3,4)/p-1. The minimum absolute atomic E-state index is 0.222. The lowest BCUT2D eigenvalue weighted by molar-refractivity contribution is 0.538. The van der Waals surface area contributed by atoms with Crippen LogP contribution in [-0.2, 0) is 17.5 Å². The van der Waals surface area contributed by atoms with E-state index in [1.54, 1.807) is 6.92 Å². The predicted octanol–water partition coefficient (Wildman–Crippen LogP) is 2.85. The molecule has 16 heavy (non-hydrogen) atoms. The summed E-state index contributed by atoms with van der Waals surface area (Å²) in [7, 11) is 0. The SMILES string of the molecule is CCS(=O)[O-].N#CCc1ccc(I)c(I)c1. The van der Waals surface area contributed by atoms with Crippen LogP contribution in [0.15, 0.2) is 18.2 Å². The van der Waals surface area contributed by atoms with Crippen molar-refractivity contribution in [2.24, 2.45) is 0 Å². The number of hydrogen-bond donors (Lipinski definition) is 0. The average molecular weight is 462 g/mol. The molecule has 1 atom stereocenters. The lowest BCUT2D eigenvalue weighted by Crippen LogP contribution is -1.85. The highest BCUT2D eigenvalue weighted by Crippen LogP contribution is 2.16. The van der Waals surface area contributed by atoms with Crippen LogP contribution in [0.3, 0.4) is 0 Å². The Hall–Kier alpha value is 0.280. The Balaban J connectivity index is 0.000000385. The highest BCUT2D eigenvalue weighted by Gasteiger charge is 1.96. The molecule has 0 saturated heterocycles. The van der Waals surface area contributed by atoms with Gasteiger partial charge in [-0.1, -0.05) is 24.1 Å². The van der Waals surface area contributed by atoms with E-state index in [4.69, 9.17) is 5.26 Å². The molecule has 1 unspecified atom stereocenters. The fourth-order valence-electron chi connectivity index (χ4n) is 0.741. The van der Waals surface area contributed by atoms with Crippen molar-refractivity contribution in [3.8, 4) is 6.07 Å². The third-order valence-corrected chi connectivity index (χ3v) is 4.84. The highest BCUT2D eigenvalue weighted by molar-refractivity contribution is 14.1. The fourth-order valence-corrected chi connectivity index (χ4v) is 1.66. The van der Waals surface area contributed by atoms with E-state index in [2.05, 4.69) is 51.3 Å². The normalized spacial score (nSPS) is 10.9. The second-order valence-electron chi connectivity index (χ2n) is 2.68. The summed E-state index contributed by atoms with van der Waals surface area (Å²) in [6, 6.07) is 8.20. The quantitative estimate of drug-likeness (QED) is 0.502. The molecule has 0 N–H and O–H groups in total. The van der Waals surface area contributed by atoms with Gasteiger partial charge in [-0.15, -0.1) is 0 Å². The summed E-state index contributed by atoms with van der Waals surface area (Å²) in [4.78, 5) is 0. The maximum absolute atomic E-state index is 9.37. The van der Waals surface area contributed by atoms with Crippen molar-refractivity contribution in [1.29, 1.82) is 5.26 Å². The molecular formula is C10H10I2NO2S-. The second-order valence-corrected chi connectivity index (χ2v) is 6.18. The van der Waals surface area contributed by atoms with Gasteiger partial charge in [0.2, 0.25) is 0 Å². The van der Waals surface area contributed by atoms with Gasteiger partial charge in [-0.3, -0.25) is 4.21 Å². The molecule has 0 aromatic heterocycles. The van der Waals surface area contributed by atoms with Crippen LogP contribution in [0.5, 0.6) is 0 Å². The first-order valence-corrected chi connectivity index (χ1v) is 7.78. The van der Waals surface area contributed by atoms with Gasteiger partial charge in [0, 0.05) is 12.9 Å². The van der Waals surface area contributed by atoms with Gasteiger partial charge in [0.15, 0.2) is 0 Å². The zero-order chi connectivity index (χ0) is 12.6. The van der Waals surface area contributed by atoms with Gasteiger partial charge in [0.25, 0.3) is 0 Å². The van der Waals surface area contributed by atoms with Crippen LogP contribution < -0.4 is 0 Å². The Kier molecular flexibility index (Phi) is 9.49. The Morgan fingerprint density at radius 2 is 2.00 bits per heavy atom. The summed E-state index contributed by atoms with van der Waals surface area (Å²) >= 11 is 2.73. The van der Waals surface area contributed by atoms with Crippen molar-refractivity contribution in [2.75, 3.05) is 5.75 Å². The third-order valence-electron chi connectivity index (χ3n) is 1.50. The van der Waals surface area contributed by atoms with Crippen molar-refractivity contribution in [3.63, 3.8) is 0 Å². The van der Waals surface area contributed by atoms with Crippen LogP contribution in [0.4, 0.5) is 0 Å². The fraction of sp³-hybridized carbons (Fsp3) is 0.300. The largest absolute Gasteiger partial charge is 0.772 e. The van der Waals surface area contributed by atoms with Gasteiger partial charge in [-0.2, -0.15) is 5.26 Å². The van der Waals surface area contributed by atoms with Gasteiger partial charge in [-0.25, -0.2) is 0 Å². The average Bonchev–Trinajstić information content (AvgIpc) is 2.25. The molecule has 0 radical (unpaired) electrons. The van der Waals surface area contributed by atoms with Crippen molar-refractivity contribution in [2.45, 2.75) is 13.3 Å². The predicted molar refractivity (Wildman–Crippen MR) is 80.7 cm³/mol. The second kappa shape index (κ2) is 9.32. The summed E-state index contributed by atoms with van der Waals surface area (Å²) in [6.07, 6.45) is 0.507. The van der Waals surface area contributed by atoms with Crippen LogP contribution in [0.1, 0.15) is 12.5 Å². The minimum atomic E-state index is -1.82. The Morgan fingerprint density at radius 1 is 1.44 bits per heavy atom. The highest BCUT2D eigenvalue weighted by atomic mass is 127. The number of rotatable bonds is 2. The lowest BCUT2D eigenvalue weighted by Gasteiger charge is -1.97. The van der Waals surface area contributed by atoms with Crippen molar-refractivity contribution >= 4 is 56.3 Å². The van der Waals surface area contributed by atoms with E-state index < -0.39 is 11.1 Å². The third kappa shape index (κ3) is 7.54. The molecule has 88 valence electrons. The van der Waals surface area contributed by atoms with E-state index in [0.29, 0.717) is 6.42 Å². The van der Waals surface area contributed by atoms with E-state index in [1.165, 1.54) is 7.14 Å². The summed E-state index contributed by atoms with van der Waals surface area (Å²) < 4.78 is 21.2. The topological polar surface area (TPSA) is 63.9 Å². The molecule has 0 amide bonds. The number of halogens is 2. The van der Waals surface area contributed by atoms with Crippen LogP contribution in [0.25, 0.3) is 0 Å². The first-order chi connectivity index (χ1) is 7.51. The molecule has 0 saturated carbocycles. The molecule has 1 rings (SSSR count). The van der Waals surface area contributed by atoms with E-state index in [-0.39, 0.29) is 5.75 Å². The lowest BCUT2D eigenvalue weighted by atomic mass is 10.2. The molecule has 0 aliphatic heterocycles. The minimum Gasteiger partial charge on any atom is -0.772 e. The van der Waals surface area contributed by atoms with Gasteiger partial charge in [-0.05, 0) is 62.9 Å². The molecular weight excluding hydrogens is 452 g/mol. The van der Waals surface area contributed by atoms with Crippen LogP contribution in [-0.4, -0.2) is 14.5 Å². The van der Waals surface area contributed by atoms with Crippen molar-refractivity contribution in [1.82, 2.24) is 0 Å². The summed E-state index contributed by atoms with van der Waals surface area (Å²) in [5.41, 5.74) is 1.09. The molecule has 1 aromatic rings. The van der Waals surface area contributed by atoms with Crippen LogP contribution in [0.2, 0.25) is 0 Å². The smallest absolute Gasteiger partial charge is 0.0669 e. The van der Waals surface area contributed by atoms with Gasteiger partial charge < -0.3 is 4.55 Å². The summed E-state index contributed by atoms with van der Waals surface area (Å²) in [5.74, 6) is 0.222. The number of nitrogens with zero attached hydrogens (tertiary/aromatic N) is 1. The van der Waals surface area contributed by atoms with Crippen LogP contribution in [0, 0.1) is 18.5 Å². The Morgan fingerprint density at radius 3 is 2.38 bits per heavy atom. The maximum atomic E-state index is 9.37. The zero-order valence-electron chi connectivity index (χ0n) is 8.57. The maximum Gasteiger partial charge on any atom is 0.0669 e. The number of benzene rings is 1. The van der Waals surface area contributed by atoms with Gasteiger partial charge in [0.1, 0.15) is 0 Å². The molecule has 0 spiro atoms. The molecule has 1 aromatic carbocycles. The molecule has 6 heteroatoms. The monoisotopic (exact) mass is 462 g/mol. The van der Waals surface area contributed by atoms with Crippen molar-refractivity contribution in [3.05, 3.63) is 30.9 Å². The van der Waals surface area contributed by atoms with Gasteiger partial charge >= 0.3 is 0 Å². The number of nitriles is 1. The van der Waals surface area contributed by atoms with E-state index in [1.807, 2.05) is 18.2 Å². The molecule has 0 fully saturated rings. The molecule has 0 aliphatic carbocycles. The zero-order valence-corrected chi connectivity index (χ0v) is 13.7. The van der Waals surface area contributed by atoms with Crippen LogP contribution >= 0.6 is 45.2 Å². The molecule has 3 nitrogen and oxygen atoms in total. The Labute approximate surface area is 125 Å². The van der Waals surface area contributed by atoms with E-state index in [0.717, 1.165) is 5.56 Å². The first-order valence-electron chi connectivity index (χ1n) is 4.38. The molecule has 0 aliphatic rings. The van der Waals surface area contributed by atoms with E-state index in [9.17, 15) is 8.76 Å².